The molecule has 0 spiro atoms. The fraction of sp³-hybridized carbons (Fsp3) is 0.378. The largest absolute Gasteiger partial charge is 0.497 e. The van der Waals surface area contributed by atoms with Crippen LogP contribution in [0.4, 0.5) is 0 Å². The van der Waals surface area contributed by atoms with Crippen LogP contribution in [0.1, 0.15) is 50.1 Å². The van der Waals surface area contributed by atoms with Crippen molar-refractivity contribution < 1.29 is 23.8 Å². The summed E-state index contributed by atoms with van der Waals surface area (Å²) in [5, 5.41) is 13.8. The lowest BCUT2D eigenvalue weighted by Gasteiger charge is -2.41. The van der Waals surface area contributed by atoms with Gasteiger partial charge in [0.1, 0.15) is 5.75 Å². The van der Waals surface area contributed by atoms with Gasteiger partial charge in [-0.05, 0) is 47.0 Å². The van der Waals surface area contributed by atoms with Crippen molar-refractivity contribution in [3.8, 4) is 5.75 Å². The molecule has 48 heavy (non-hydrogen) atoms. The van der Waals surface area contributed by atoms with E-state index in [9.17, 15) is 19.5 Å². The van der Waals surface area contributed by atoms with Crippen molar-refractivity contribution in [1.82, 2.24) is 14.9 Å². The fourth-order valence-corrected chi connectivity index (χ4v) is 7.55. The minimum Gasteiger partial charge on any atom is -0.497 e. The zero-order chi connectivity index (χ0) is 34.7. The first-order valence-electron chi connectivity index (χ1n) is 16.1. The first kappa shape index (κ1) is 35.0. The average molecular weight is 672 g/mol. The molecule has 11 heteroatoms. The quantitative estimate of drug-likeness (QED) is 0.133. The van der Waals surface area contributed by atoms with Crippen LogP contribution >= 0.6 is 0 Å². The van der Waals surface area contributed by atoms with E-state index in [1.54, 1.807) is 7.11 Å². The number of ether oxygens (including phenoxy) is 2. The van der Waals surface area contributed by atoms with E-state index < -0.39 is 55.4 Å². The number of methoxy groups -OCH3 is 1. The molecule has 10 nitrogen and oxygen atoms in total. The number of carboxylic acids is 1. The van der Waals surface area contributed by atoms with E-state index in [0.29, 0.717) is 5.75 Å². The highest BCUT2D eigenvalue weighted by Crippen LogP contribution is 2.45. The summed E-state index contributed by atoms with van der Waals surface area (Å²) in [5.74, 6) is -0.915. The molecule has 1 fully saturated rings. The molecule has 0 unspecified atom stereocenters. The summed E-state index contributed by atoms with van der Waals surface area (Å²) in [5.41, 5.74) is 0.810. The maximum atomic E-state index is 13.1. The molecule has 0 aliphatic carbocycles. The zero-order valence-corrected chi connectivity index (χ0v) is 29.3. The van der Waals surface area contributed by atoms with Crippen LogP contribution in [-0.2, 0) is 19.5 Å². The molecule has 254 valence electrons. The number of aromatic amines is 1. The summed E-state index contributed by atoms with van der Waals surface area (Å²) in [6.45, 7) is 10.7. The number of nitrogens with zero attached hydrogens (tertiary/aromatic N) is 1. The number of rotatable bonds is 12. The standard InChI is InChI=1S/C37H45N3O7Si/c1-36(2,3)48(5,6)47-33-29(23-32(42)43)30(46-34(33)40-22-21-31(41)39-35(40)44)24-38-37(25-13-9-7-10-14-25,26-15-11-8-12-16-26)27-17-19-28(45-4)20-18-27/h7-22,29-30,33-34,38H,23-24H2,1-6H3,(H,42,43)(H,39,41,44)/t29-,30-,33-,34-/m1/s1. The Morgan fingerprint density at radius 3 is 1.98 bits per heavy atom. The highest BCUT2D eigenvalue weighted by Gasteiger charge is 2.52. The van der Waals surface area contributed by atoms with Gasteiger partial charge in [-0.3, -0.25) is 24.5 Å². The molecule has 1 aromatic heterocycles. The Hall–Kier alpha value is -4.29. The van der Waals surface area contributed by atoms with Gasteiger partial charge in [0, 0.05) is 24.7 Å². The lowest BCUT2D eigenvalue weighted by atomic mass is 9.76. The van der Waals surface area contributed by atoms with Gasteiger partial charge in [-0.25, -0.2) is 4.79 Å². The van der Waals surface area contributed by atoms with Crippen LogP contribution in [0.25, 0.3) is 0 Å². The molecule has 1 aliphatic heterocycles. The molecule has 1 saturated heterocycles. The normalized spacial score (nSPS) is 20.0. The molecule has 4 atom stereocenters. The van der Waals surface area contributed by atoms with E-state index >= 15 is 0 Å². The number of nitrogens with one attached hydrogen (secondary N) is 2. The fourth-order valence-electron chi connectivity index (χ4n) is 6.22. The Morgan fingerprint density at radius 1 is 0.917 bits per heavy atom. The minimum atomic E-state index is -2.51. The Bertz CT molecular complexity index is 1760. The Morgan fingerprint density at radius 2 is 1.48 bits per heavy atom. The van der Waals surface area contributed by atoms with E-state index in [-0.39, 0.29) is 18.0 Å². The van der Waals surface area contributed by atoms with Crippen molar-refractivity contribution in [2.45, 2.75) is 69.3 Å². The zero-order valence-electron chi connectivity index (χ0n) is 28.3. The molecule has 5 rings (SSSR count). The predicted molar refractivity (Wildman–Crippen MR) is 187 cm³/mol. The van der Waals surface area contributed by atoms with Gasteiger partial charge < -0.3 is 19.0 Å². The molecular formula is C37H45N3O7Si. The smallest absolute Gasteiger partial charge is 0.330 e. The van der Waals surface area contributed by atoms with Gasteiger partial charge in [0.25, 0.3) is 5.56 Å². The number of hydrogen-bond donors (Lipinski definition) is 3. The molecule has 0 bridgehead atoms. The summed E-state index contributed by atoms with van der Waals surface area (Å²) < 4.78 is 20.4. The first-order chi connectivity index (χ1) is 22.8. The molecule has 0 saturated carbocycles. The SMILES string of the molecule is COc1ccc(C(NC[C@H]2O[C@@H](n3ccc(=O)[nH]c3=O)[C@H](O[Si](C)(C)C(C)(C)C)[C@@H]2CC(=O)O)(c2ccccc2)c2ccccc2)cc1. The number of carbonyl (C=O) groups is 1. The van der Waals surface area contributed by atoms with Gasteiger partial charge in [0.2, 0.25) is 0 Å². The highest BCUT2D eigenvalue weighted by molar-refractivity contribution is 6.74. The van der Waals surface area contributed by atoms with Gasteiger partial charge in [-0.1, -0.05) is 93.6 Å². The third-order valence-corrected chi connectivity index (χ3v) is 14.2. The van der Waals surface area contributed by atoms with Crippen LogP contribution in [0.2, 0.25) is 18.1 Å². The van der Waals surface area contributed by atoms with E-state index in [1.165, 1.54) is 16.8 Å². The maximum Gasteiger partial charge on any atom is 0.330 e. The predicted octanol–water partition coefficient (Wildman–Crippen LogP) is 5.51. The Balaban J connectivity index is 1.64. The third-order valence-electron chi connectivity index (χ3n) is 9.77. The number of H-pyrrole nitrogens is 1. The first-order valence-corrected chi connectivity index (χ1v) is 19.0. The summed E-state index contributed by atoms with van der Waals surface area (Å²) in [7, 11) is -0.888. The lowest BCUT2D eigenvalue weighted by molar-refractivity contribution is -0.139. The summed E-state index contributed by atoms with van der Waals surface area (Å²) >= 11 is 0. The number of benzene rings is 3. The summed E-state index contributed by atoms with van der Waals surface area (Å²) in [4.78, 5) is 39.9. The topological polar surface area (TPSA) is 132 Å². The number of aromatic nitrogens is 2. The Kier molecular flexibility index (Phi) is 10.3. The third kappa shape index (κ3) is 7.09. The van der Waals surface area contributed by atoms with Crippen molar-refractivity contribution in [2.24, 2.45) is 5.92 Å². The van der Waals surface area contributed by atoms with Gasteiger partial charge in [-0.15, -0.1) is 0 Å². The van der Waals surface area contributed by atoms with E-state index in [0.717, 1.165) is 16.7 Å². The summed E-state index contributed by atoms with van der Waals surface area (Å²) in [6, 6.07) is 29.2. The second kappa shape index (κ2) is 14.1. The average Bonchev–Trinajstić information content (AvgIpc) is 3.37. The maximum absolute atomic E-state index is 13.1. The van der Waals surface area contributed by atoms with Crippen LogP contribution < -0.4 is 21.3 Å². The van der Waals surface area contributed by atoms with Crippen molar-refractivity contribution in [3.05, 3.63) is 135 Å². The van der Waals surface area contributed by atoms with Gasteiger partial charge in [0.15, 0.2) is 14.5 Å². The molecule has 4 aromatic rings. The van der Waals surface area contributed by atoms with Gasteiger partial charge in [0.05, 0.1) is 31.3 Å². The van der Waals surface area contributed by atoms with Crippen molar-refractivity contribution >= 4 is 14.3 Å². The molecule has 2 heterocycles. The number of hydrogen-bond acceptors (Lipinski definition) is 7. The van der Waals surface area contributed by atoms with Crippen molar-refractivity contribution in [1.29, 1.82) is 0 Å². The number of aliphatic carboxylic acids is 1. The van der Waals surface area contributed by atoms with Crippen LogP contribution in [0.5, 0.6) is 5.75 Å². The number of carboxylic acid groups (broad SMARTS) is 1. The summed E-state index contributed by atoms with van der Waals surface area (Å²) in [6.07, 6.45) is -1.29. The van der Waals surface area contributed by atoms with E-state index in [2.05, 4.69) is 68.4 Å². The second-order valence-electron chi connectivity index (χ2n) is 13.8. The molecule has 3 aromatic carbocycles. The van der Waals surface area contributed by atoms with Crippen LogP contribution in [0.3, 0.4) is 0 Å². The molecular weight excluding hydrogens is 627 g/mol. The highest BCUT2D eigenvalue weighted by atomic mass is 28.4. The van der Waals surface area contributed by atoms with E-state index in [1.807, 2.05) is 60.7 Å². The van der Waals surface area contributed by atoms with Gasteiger partial charge >= 0.3 is 11.7 Å². The molecule has 3 N–H and O–H groups in total. The Labute approximate surface area is 281 Å². The second-order valence-corrected chi connectivity index (χ2v) is 18.5. The lowest BCUT2D eigenvalue weighted by Crippen LogP contribution is -2.50. The van der Waals surface area contributed by atoms with Crippen molar-refractivity contribution in [3.63, 3.8) is 0 Å². The monoisotopic (exact) mass is 671 g/mol. The van der Waals surface area contributed by atoms with Gasteiger partial charge in [-0.2, -0.15) is 0 Å². The molecule has 1 aliphatic rings. The molecule has 0 radical (unpaired) electrons. The van der Waals surface area contributed by atoms with Crippen LogP contribution in [0.15, 0.2) is 107 Å². The minimum absolute atomic E-state index is 0.207. The van der Waals surface area contributed by atoms with Crippen LogP contribution in [-0.4, -0.2) is 54.8 Å². The van der Waals surface area contributed by atoms with Crippen LogP contribution in [0, 0.1) is 5.92 Å². The van der Waals surface area contributed by atoms with E-state index in [4.69, 9.17) is 13.9 Å². The molecule has 0 amide bonds. The van der Waals surface area contributed by atoms with Crippen molar-refractivity contribution in [2.75, 3.05) is 13.7 Å².